The van der Waals surface area contributed by atoms with Gasteiger partial charge in [-0.15, -0.1) is 11.3 Å². The lowest BCUT2D eigenvalue weighted by atomic mass is 10.1. The largest absolute Gasteiger partial charge is 0.469 e. The van der Waals surface area contributed by atoms with Gasteiger partial charge < -0.3 is 14.7 Å². The monoisotopic (exact) mass is 246 g/mol. The van der Waals surface area contributed by atoms with Crippen molar-refractivity contribution in [1.82, 2.24) is 5.16 Å². The van der Waals surface area contributed by atoms with Crippen LogP contribution < -0.4 is 5.73 Å². The number of hydrogen-bond donors (Lipinski definition) is 1. The first-order chi connectivity index (χ1) is 8.27. The van der Waals surface area contributed by atoms with Crippen LogP contribution in [-0.4, -0.2) is 5.16 Å². The van der Waals surface area contributed by atoms with Crippen molar-refractivity contribution in [2.45, 2.75) is 6.92 Å². The SMILES string of the molecule is Cc1occc1-c1noc(N)c1-c1cccs1. The van der Waals surface area contributed by atoms with Gasteiger partial charge in [0.1, 0.15) is 11.5 Å². The summed E-state index contributed by atoms with van der Waals surface area (Å²) < 4.78 is 10.4. The number of hydrogen-bond acceptors (Lipinski definition) is 5. The Labute approximate surface area is 102 Å². The number of nitrogen functional groups attached to an aromatic ring is 1. The maximum atomic E-state index is 5.84. The van der Waals surface area contributed by atoms with Gasteiger partial charge in [-0.25, -0.2) is 0 Å². The highest BCUT2D eigenvalue weighted by molar-refractivity contribution is 7.13. The fourth-order valence-corrected chi connectivity index (χ4v) is 2.55. The molecule has 0 aliphatic carbocycles. The Hall–Kier alpha value is -2.01. The third-order valence-electron chi connectivity index (χ3n) is 2.60. The zero-order valence-electron chi connectivity index (χ0n) is 9.14. The third-order valence-corrected chi connectivity index (χ3v) is 3.49. The number of nitrogens with zero attached hydrogens (tertiary/aromatic N) is 1. The summed E-state index contributed by atoms with van der Waals surface area (Å²) in [5.74, 6) is 1.14. The molecule has 86 valence electrons. The summed E-state index contributed by atoms with van der Waals surface area (Å²) >= 11 is 1.60. The van der Waals surface area contributed by atoms with Crippen molar-refractivity contribution in [3.63, 3.8) is 0 Å². The molecule has 0 saturated heterocycles. The molecule has 0 unspecified atom stereocenters. The molecule has 0 bridgehead atoms. The molecule has 0 aliphatic heterocycles. The Morgan fingerprint density at radius 1 is 1.35 bits per heavy atom. The van der Waals surface area contributed by atoms with Gasteiger partial charge >= 0.3 is 0 Å². The lowest BCUT2D eigenvalue weighted by Gasteiger charge is -1.97. The van der Waals surface area contributed by atoms with Crippen molar-refractivity contribution in [3.05, 3.63) is 35.6 Å². The summed E-state index contributed by atoms with van der Waals surface area (Å²) in [6.45, 7) is 1.89. The van der Waals surface area contributed by atoms with Crippen molar-refractivity contribution in [1.29, 1.82) is 0 Å². The Morgan fingerprint density at radius 3 is 2.88 bits per heavy atom. The number of nitrogens with two attached hydrogens (primary N) is 1. The minimum absolute atomic E-state index is 0.336. The van der Waals surface area contributed by atoms with Crippen LogP contribution in [0, 0.1) is 6.92 Å². The van der Waals surface area contributed by atoms with E-state index in [1.807, 2.05) is 30.5 Å². The van der Waals surface area contributed by atoms with Crippen LogP contribution in [0.4, 0.5) is 5.88 Å². The third kappa shape index (κ3) is 1.55. The van der Waals surface area contributed by atoms with Gasteiger partial charge in [-0.3, -0.25) is 0 Å². The highest BCUT2D eigenvalue weighted by Gasteiger charge is 2.20. The molecule has 0 radical (unpaired) electrons. The summed E-state index contributed by atoms with van der Waals surface area (Å²) in [4.78, 5) is 1.04. The lowest BCUT2D eigenvalue weighted by molar-refractivity contribution is 0.439. The molecule has 3 aromatic heterocycles. The Kier molecular flexibility index (Phi) is 2.26. The highest BCUT2D eigenvalue weighted by atomic mass is 32.1. The maximum absolute atomic E-state index is 5.84. The second kappa shape index (κ2) is 3.78. The smallest absolute Gasteiger partial charge is 0.231 e. The Balaban J connectivity index is 2.23. The van der Waals surface area contributed by atoms with Crippen LogP contribution in [0.5, 0.6) is 0 Å². The average molecular weight is 246 g/mol. The summed E-state index contributed by atoms with van der Waals surface area (Å²) in [5.41, 5.74) is 8.32. The second-order valence-electron chi connectivity index (χ2n) is 3.64. The van der Waals surface area contributed by atoms with Crippen molar-refractivity contribution in [3.8, 4) is 21.7 Å². The average Bonchev–Trinajstić information content (AvgIpc) is 2.98. The fourth-order valence-electron chi connectivity index (χ4n) is 1.78. The second-order valence-corrected chi connectivity index (χ2v) is 4.59. The molecule has 3 aromatic rings. The van der Waals surface area contributed by atoms with E-state index in [-0.39, 0.29) is 0 Å². The highest BCUT2D eigenvalue weighted by Crippen LogP contribution is 2.39. The van der Waals surface area contributed by atoms with Crippen molar-refractivity contribution >= 4 is 17.2 Å². The molecule has 4 nitrogen and oxygen atoms in total. The van der Waals surface area contributed by atoms with E-state index in [9.17, 15) is 0 Å². The molecule has 5 heteroatoms. The fraction of sp³-hybridized carbons (Fsp3) is 0.0833. The van der Waals surface area contributed by atoms with Gasteiger partial charge in [0.25, 0.3) is 0 Å². The van der Waals surface area contributed by atoms with Gasteiger partial charge in [0.15, 0.2) is 0 Å². The summed E-state index contributed by atoms with van der Waals surface area (Å²) in [5, 5.41) is 6.02. The molecule has 0 amide bonds. The molecule has 0 aliphatic rings. The predicted molar refractivity (Wildman–Crippen MR) is 66.7 cm³/mol. The van der Waals surface area contributed by atoms with Crippen LogP contribution in [0.3, 0.4) is 0 Å². The van der Waals surface area contributed by atoms with Gasteiger partial charge in [0.05, 0.1) is 11.8 Å². The zero-order chi connectivity index (χ0) is 11.8. The first-order valence-electron chi connectivity index (χ1n) is 5.11. The van der Waals surface area contributed by atoms with Crippen LogP contribution in [-0.2, 0) is 0 Å². The molecule has 3 rings (SSSR count). The van der Waals surface area contributed by atoms with Gasteiger partial charge in [-0.05, 0) is 24.4 Å². The number of aromatic nitrogens is 1. The number of aryl methyl sites for hydroxylation is 1. The van der Waals surface area contributed by atoms with Gasteiger partial charge in [-0.2, -0.15) is 0 Å². The van der Waals surface area contributed by atoms with Crippen LogP contribution in [0.2, 0.25) is 0 Å². The molecule has 0 saturated carbocycles. The van der Waals surface area contributed by atoms with E-state index in [0.29, 0.717) is 5.88 Å². The van der Waals surface area contributed by atoms with Gasteiger partial charge in [0.2, 0.25) is 5.88 Å². The first kappa shape index (κ1) is 10.2. The molecule has 0 spiro atoms. The molecule has 17 heavy (non-hydrogen) atoms. The molecular weight excluding hydrogens is 236 g/mol. The molecule has 0 atom stereocenters. The van der Waals surface area contributed by atoms with E-state index in [2.05, 4.69) is 5.16 Å². The maximum Gasteiger partial charge on any atom is 0.231 e. The topological polar surface area (TPSA) is 65.2 Å². The first-order valence-corrected chi connectivity index (χ1v) is 5.99. The zero-order valence-corrected chi connectivity index (χ0v) is 9.95. The van der Waals surface area contributed by atoms with E-state index in [1.54, 1.807) is 17.6 Å². The normalized spacial score (nSPS) is 10.9. The van der Waals surface area contributed by atoms with E-state index in [1.165, 1.54) is 0 Å². The Morgan fingerprint density at radius 2 is 2.24 bits per heavy atom. The molecular formula is C12H10N2O2S. The number of rotatable bonds is 2. The summed E-state index contributed by atoms with van der Waals surface area (Å²) in [7, 11) is 0. The van der Waals surface area contributed by atoms with E-state index < -0.39 is 0 Å². The van der Waals surface area contributed by atoms with Crippen molar-refractivity contribution in [2.24, 2.45) is 0 Å². The van der Waals surface area contributed by atoms with E-state index >= 15 is 0 Å². The Bertz CT molecular complexity index is 637. The van der Waals surface area contributed by atoms with Crippen LogP contribution in [0.25, 0.3) is 21.7 Å². The number of furan rings is 1. The molecule has 0 aromatic carbocycles. The van der Waals surface area contributed by atoms with E-state index in [4.69, 9.17) is 14.7 Å². The minimum Gasteiger partial charge on any atom is -0.469 e. The van der Waals surface area contributed by atoms with E-state index in [0.717, 1.165) is 27.5 Å². The number of thiophene rings is 1. The van der Waals surface area contributed by atoms with Gasteiger partial charge in [0, 0.05) is 10.4 Å². The van der Waals surface area contributed by atoms with Crippen molar-refractivity contribution in [2.75, 3.05) is 5.73 Å². The quantitative estimate of drug-likeness (QED) is 0.750. The predicted octanol–water partition coefficient (Wildman–Crippen LogP) is 3.55. The minimum atomic E-state index is 0.336. The van der Waals surface area contributed by atoms with Crippen LogP contribution in [0.15, 0.2) is 38.8 Å². The van der Waals surface area contributed by atoms with Gasteiger partial charge in [-0.1, -0.05) is 11.2 Å². The molecule has 0 fully saturated rings. The molecule has 3 heterocycles. The summed E-state index contributed by atoms with van der Waals surface area (Å²) in [6.07, 6.45) is 1.63. The van der Waals surface area contributed by atoms with Crippen molar-refractivity contribution < 1.29 is 8.94 Å². The van der Waals surface area contributed by atoms with Crippen LogP contribution >= 0.6 is 11.3 Å². The lowest BCUT2D eigenvalue weighted by Crippen LogP contribution is -1.85. The van der Waals surface area contributed by atoms with Crippen LogP contribution in [0.1, 0.15) is 5.76 Å². The molecule has 2 N–H and O–H groups in total. The number of anilines is 1. The standard InChI is InChI=1S/C12H10N2O2S/c1-7-8(4-5-15-7)11-10(12(13)16-14-11)9-3-2-6-17-9/h2-6H,13H2,1H3. The summed E-state index contributed by atoms with van der Waals surface area (Å²) in [6, 6.07) is 5.83.